The Morgan fingerprint density at radius 1 is 1.69 bits per heavy atom. The van der Waals surface area contributed by atoms with Crippen LogP contribution < -0.4 is 0 Å². The van der Waals surface area contributed by atoms with E-state index in [0.717, 1.165) is 0 Å². The van der Waals surface area contributed by atoms with Gasteiger partial charge in [0.15, 0.2) is 11.4 Å². The summed E-state index contributed by atoms with van der Waals surface area (Å²) < 4.78 is 0. The summed E-state index contributed by atoms with van der Waals surface area (Å²) in [6.07, 6.45) is 3.85. The molecule has 1 aromatic rings. The number of aromatic nitrogens is 2. The fraction of sp³-hybridized carbons (Fsp3) is 0.125. The standard InChI is InChI=1S/C8H5ClN2OS/c1-13-8-10-5-6(3-2-4-12)7(9)11-8/h4-5H,1H3. The number of carbonyl (C=O) groups is 1. The van der Waals surface area contributed by atoms with Crippen molar-refractivity contribution in [3.63, 3.8) is 0 Å². The first-order chi connectivity index (χ1) is 6.27. The second-order valence-corrected chi connectivity index (χ2v) is 3.08. The van der Waals surface area contributed by atoms with Gasteiger partial charge < -0.3 is 0 Å². The Morgan fingerprint density at radius 2 is 2.46 bits per heavy atom. The van der Waals surface area contributed by atoms with Gasteiger partial charge in [0.05, 0.1) is 5.56 Å². The molecular formula is C8H5ClN2OS. The summed E-state index contributed by atoms with van der Waals surface area (Å²) in [5.74, 6) is 4.77. The Hall–Kier alpha value is -1.05. The normalized spacial score (nSPS) is 8.77. The van der Waals surface area contributed by atoms with Crippen LogP contribution >= 0.6 is 23.4 Å². The predicted molar refractivity (Wildman–Crippen MR) is 51.8 cm³/mol. The van der Waals surface area contributed by atoms with Crippen molar-refractivity contribution >= 4 is 29.6 Å². The van der Waals surface area contributed by atoms with E-state index in [-0.39, 0.29) is 5.15 Å². The Kier molecular flexibility index (Phi) is 3.74. The average Bonchev–Trinajstić information content (AvgIpc) is 2.16. The van der Waals surface area contributed by atoms with Crippen molar-refractivity contribution < 1.29 is 4.79 Å². The highest BCUT2D eigenvalue weighted by Gasteiger charge is 2.00. The van der Waals surface area contributed by atoms with Gasteiger partial charge in [-0.3, -0.25) is 4.79 Å². The highest BCUT2D eigenvalue weighted by molar-refractivity contribution is 7.98. The van der Waals surface area contributed by atoms with Gasteiger partial charge in [-0.05, 0) is 12.2 Å². The molecule has 0 saturated heterocycles. The van der Waals surface area contributed by atoms with E-state index in [2.05, 4.69) is 21.8 Å². The molecule has 0 amide bonds. The minimum Gasteiger partial charge on any atom is -0.289 e. The molecule has 5 heteroatoms. The van der Waals surface area contributed by atoms with Crippen LogP contribution in [0.4, 0.5) is 0 Å². The average molecular weight is 213 g/mol. The molecule has 0 aliphatic heterocycles. The summed E-state index contributed by atoms with van der Waals surface area (Å²) in [4.78, 5) is 17.9. The third-order valence-corrected chi connectivity index (χ3v) is 2.02. The lowest BCUT2D eigenvalue weighted by atomic mass is 10.3. The maximum absolute atomic E-state index is 9.95. The lowest BCUT2D eigenvalue weighted by Crippen LogP contribution is -1.89. The van der Waals surface area contributed by atoms with Crippen LogP contribution in [-0.4, -0.2) is 22.5 Å². The van der Waals surface area contributed by atoms with E-state index in [0.29, 0.717) is 17.0 Å². The molecule has 3 nitrogen and oxygen atoms in total. The molecule has 1 heterocycles. The molecule has 0 aromatic carbocycles. The number of nitrogens with zero attached hydrogens (tertiary/aromatic N) is 2. The molecule has 0 radical (unpaired) electrons. The van der Waals surface area contributed by atoms with Crippen molar-refractivity contribution in [3.8, 4) is 11.8 Å². The molecule has 1 rings (SSSR count). The number of hydrogen-bond donors (Lipinski definition) is 0. The number of halogens is 1. The quantitative estimate of drug-likeness (QED) is 0.232. The highest BCUT2D eigenvalue weighted by Crippen LogP contribution is 2.15. The van der Waals surface area contributed by atoms with Gasteiger partial charge in [-0.25, -0.2) is 9.97 Å². The molecular weight excluding hydrogens is 208 g/mol. The molecule has 13 heavy (non-hydrogen) atoms. The second-order valence-electron chi connectivity index (χ2n) is 1.95. The first kappa shape index (κ1) is 10.0. The molecule has 0 saturated carbocycles. The Labute approximate surface area is 84.9 Å². The summed E-state index contributed by atoms with van der Waals surface area (Å²) in [5, 5.41) is 0.857. The van der Waals surface area contributed by atoms with Crippen molar-refractivity contribution in [2.24, 2.45) is 0 Å². The van der Waals surface area contributed by atoms with E-state index in [4.69, 9.17) is 11.6 Å². The zero-order chi connectivity index (χ0) is 9.68. The van der Waals surface area contributed by atoms with Crippen LogP contribution in [-0.2, 0) is 4.79 Å². The zero-order valence-electron chi connectivity index (χ0n) is 6.74. The minimum atomic E-state index is 0.272. The van der Waals surface area contributed by atoms with Crippen LogP contribution in [0.25, 0.3) is 0 Å². The number of aldehydes is 1. The zero-order valence-corrected chi connectivity index (χ0v) is 8.32. The minimum absolute atomic E-state index is 0.272. The molecule has 0 N–H and O–H groups in total. The molecule has 0 unspecified atom stereocenters. The number of thioether (sulfide) groups is 1. The van der Waals surface area contributed by atoms with E-state index < -0.39 is 0 Å². The number of carbonyl (C=O) groups excluding carboxylic acids is 1. The Morgan fingerprint density at radius 3 is 3.00 bits per heavy atom. The van der Waals surface area contributed by atoms with Crippen molar-refractivity contribution in [1.82, 2.24) is 9.97 Å². The Balaban J connectivity index is 3.05. The number of rotatable bonds is 1. The van der Waals surface area contributed by atoms with Crippen LogP contribution in [0, 0.1) is 11.8 Å². The van der Waals surface area contributed by atoms with Crippen LogP contribution in [0.2, 0.25) is 5.15 Å². The predicted octanol–water partition coefficient (Wildman–Crippen LogP) is 1.40. The van der Waals surface area contributed by atoms with Crippen LogP contribution in [0.15, 0.2) is 11.4 Å². The lowest BCUT2D eigenvalue weighted by molar-refractivity contribution is -0.103. The van der Waals surface area contributed by atoms with Gasteiger partial charge in [-0.15, -0.1) is 0 Å². The summed E-state index contributed by atoms with van der Waals surface area (Å²) >= 11 is 7.15. The van der Waals surface area contributed by atoms with Gasteiger partial charge in [-0.2, -0.15) is 0 Å². The first-order valence-corrected chi connectivity index (χ1v) is 4.90. The van der Waals surface area contributed by atoms with Crippen molar-refractivity contribution in [3.05, 3.63) is 16.9 Å². The maximum atomic E-state index is 9.95. The van der Waals surface area contributed by atoms with Crippen LogP contribution in [0.5, 0.6) is 0 Å². The van der Waals surface area contributed by atoms with Gasteiger partial charge in [0, 0.05) is 6.20 Å². The topological polar surface area (TPSA) is 42.9 Å². The molecule has 0 atom stereocenters. The molecule has 0 aliphatic rings. The largest absolute Gasteiger partial charge is 0.289 e. The molecule has 0 spiro atoms. The SMILES string of the molecule is CSc1ncc(C#CC=O)c(Cl)n1. The smallest absolute Gasteiger partial charge is 0.193 e. The van der Waals surface area contributed by atoms with E-state index in [1.165, 1.54) is 18.0 Å². The molecule has 0 fully saturated rings. The lowest BCUT2D eigenvalue weighted by Gasteiger charge is -1.96. The Bertz CT molecular complexity index is 383. The van der Waals surface area contributed by atoms with Gasteiger partial charge in [-0.1, -0.05) is 29.3 Å². The first-order valence-electron chi connectivity index (χ1n) is 3.29. The van der Waals surface area contributed by atoms with E-state index in [9.17, 15) is 4.79 Å². The summed E-state index contributed by atoms with van der Waals surface area (Å²) in [5.41, 5.74) is 0.464. The van der Waals surface area contributed by atoms with Crippen LogP contribution in [0.1, 0.15) is 5.56 Å². The third-order valence-electron chi connectivity index (χ3n) is 1.17. The second kappa shape index (κ2) is 4.85. The highest BCUT2D eigenvalue weighted by atomic mass is 35.5. The van der Waals surface area contributed by atoms with Crippen molar-refractivity contribution in [2.75, 3.05) is 6.26 Å². The maximum Gasteiger partial charge on any atom is 0.193 e. The monoisotopic (exact) mass is 212 g/mol. The van der Waals surface area contributed by atoms with E-state index >= 15 is 0 Å². The third kappa shape index (κ3) is 2.72. The van der Waals surface area contributed by atoms with Crippen molar-refractivity contribution in [1.29, 1.82) is 0 Å². The van der Waals surface area contributed by atoms with Gasteiger partial charge >= 0.3 is 0 Å². The van der Waals surface area contributed by atoms with Crippen LogP contribution in [0.3, 0.4) is 0 Å². The number of hydrogen-bond acceptors (Lipinski definition) is 4. The summed E-state index contributed by atoms with van der Waals surface area (Å²) in [6.45, 7) is 0. The van der Waals surface area contributed by atoms with E-state index in [1.807, 2.05) is 6.26 Å². The summed E-state index contributed by atoms with van der Waals surface area (Å²) in [7, 11) is 0. The van der Waals surface area contributed by atoms with Gasteiger partial charge in [0.2, 0.25) is 0 Å². The molecule has 0 aliphatic carbocycles. The fourth-order valence-electron chi connectivity index (χ4n) is 0.636. The molecule has 1 aromatic heterocycles. The fourth-order valence-corrected chi connectivity index (χ4v) is 1.20. The van der Waals surface area contributed by atoms with Crippen molar-refractivity contribution in [2.45, 2.75) is 5.16 Å². The summed E-state index contributed by atoms with van der Waals surface area (Å²) in [6, 6.07) is 0. The van der Waals surface area contributed by atoms with E-state index in [1.54, 1.807) is 0 Å². The van der Waals surface area contributed by atoms with Gasteiger partial charge in [0.25, 0.3) is 0 Å². The van der Waals surface area contributed by atoms with Gasteiger partial charge in [0.1, 0.15) is 5.15 Å². The molecule has 66 valence electrons. The molecule has 0 bridgehead atoms.